The number of amides is 3. The van der Waals surface area contributed by atoms with Gasteiger partial charge in [-0.3, -0.25) is 9.59 Å². The monoisotopic (exact) mass is 572 g/mol. The van der Waals surface area contributed by atoms with E-state index >= 15 is 0 Å². The van der Waals surface area contributed by atoms with Crippen LogP contribution in [-0.4, -0.2) is 47.0 Å². The predicted molar refractivity (Wildman–Crippen MR) is 161 cm³/mol. The third-order valence-corrected chi connectivity index (χ3v) is 8.34. The van der Waals surface area contributed by atoms with Crippen LogP contribution < -0.4 is 10.6 Å². The van der Waals surface area contributed by atoms with Crippen molar-refractivity contribution in [2.24, 2.45) is 11.8 Å². The summed E-state index contributed by atoms with van der Waals surface area (Å²) in [6.07, 6.45) is 6.83. The summed E-state index contributed by atoms with van der Waals surface area (Å²) in [5.74, 6) is 0.307. The first-order chi connectivity index (χ1) is 20.1. The van der Waals surface area contributed by atoms with Crippen molar-refractivity contribution in [3.05, 3.63) is 71.3 Å². The van der Waals surface area contributed by atoms with Gasteiger partial charge in [0.1, 0.15) is 17.7 Å². The van der Waals surface area contributed by atoms with Crippen molar-refractivity contribution < 1.29 is 19.1 Å². The van der Waals surface area contributed by atoms with E-state index in [4.69, 9.17) is 10.00 Å². The Balaban J connectivity index is 1.52. The van der Waals surface area contributed by atoms with Crippen LogP contribution in [0.1, 0.15) is 82.4 Å². The molecule has 0 spiro atoms. The number of carbonyl (C=O) groups is 3. The summed E-state index contributed by atoms with van der Waals surface area (Å²) < 4.78 is 5.51. The number of alkyl carbamates (subject to hydrolysis) is 1. The van der Waals surface area contributed by atoms with E-state index in [2.05, 4.69) is 16.7 Å². The lowest BCUT2D eigenvalue weighted by atomic mass is 9.79. The maximum atomic E-state index is 14.2. The Hall–Kier alpha value is -3.86. The molecule has 4 rings (SSSR count). The Labute approximate surface area is 249 Å². The number of carbonyl (C=O) groups excluding carboxylic acids is 3. The number of ether oxygens (including phenoxy) is 1. The van der Waals surface area contributed by atoms with Crippen molar-refractivity contribution in [3.63, 3.8) is 0 Å². The summed E-state index contributed by atoms with van der Waals surface area (Å²) >= 11 is 0. The molecule has 2 fully saturated rings. The minimum atomic E-state index is -0.820. The fourth-order valence-corrected chi connectivity index (χ4v) is 6.17. The molecule has 0 radical (unpaired) electrons. The number of likely N-dealkylation sites (tertiary alicyclic amines) is 1. The number of rotatable bonds is 9. The molecule has 2 N–H and O–H groups in total. The summed E-state index contributed by atoms with van der Waals surface area (Å²) in [6.45, 7) is 6.19. The van der Waals surface area contributed by atoms with Crippen molar-refractivity contribution >= 4 is 17.9 Å². The number of nitriles is 1. The second kappa shape index (κ2) is 14.4. The molecule has 8 nitrogen and oxygen atoms in total. The predicted octanol–water partition coefficient (Wildman–Crippen LogP) is 5.50. The molecular formula is C34H44N4O4. The van der Waals surface area contributed by atoms with Crippen molar-refractivity contribution in [2.75, 3.05) is 6.54 Å². The van der Waals surface area contributed by atoms with Crippen LogP contribution in [0.5, 0.6) is 0 Å². The largest absolute Gasteiger partial charge is 0.444 e. The van der Waals surface area contributed by atoms with E-state index in [1.807, 2.05) is 42.5 Å². The maximum Gasteiger partial charge on any atom is 0.408 e. The Kier molecular flexibility index (Phi) is 10.6. The minimum absolute atomic E-state index is 0.190. The normalized spacial score (nSPS) is 19.9. The van der Waals surface area contributed by atoms with Gasteiger partial charge in [0.2, 0.25) is 11.8 Å². The van der Waals surface area contributed by atoms with Gasteiger partial charge < -0.3 is 20.3 Å². The molecule has 224 valence electrons. The van der Waals surface area contributed by atoms with E-state index < -0.39 is 23.8 Å². The maximum absolute atomic E-state index is 14.2. The Bertz CT molecular complexity index is 1240. The van der Waals surface area contributed by atoms with Crippen LogP contribution in [0.15, 0.2) is 54.6 Å². The van der Waals surface area contributed by atoms with Gasteiger partial charge in [-0.1, -0.05) is 74.6 Å². The summed E-state index contributed by atoms with van der Waals surface area (Å²) in [5.41, 5.74) is 1.81. The zero-order chi connectivity index (χ0) is 30.1. The second-order valence-electron chi connectivity index (χ2n) is 12.6. The van der Waals surface area contributed by atoms with E-state index in [-0.39, 0.29) is 17.7 Å². The molecule has 0 unspecified atom stereocenters. The smallest absolute Gasteiger partial charge is 0.408 e. The number of nitrogens with zero attached hydrogens (tertiary/aromatic N) is 2. The third-order valence-electron chi connectivity index (χ3n) is 8.34. The van der Waals surface area contributed by atoms with Gasteiger partial charge in [0.25, 0.3) is 0 Å². The highest BCUT2D eigenvalue weighted by atomic mass is 16.6. The molecule has 1 saturated heterocycles. The summed E-state index contributed by atoms with van der Waals surface area (Å²) in [4.78, 5) is 42.4. The fourth-order valence-electron chi connectivity index (χ4n) is 6.17. The summed E-state index contributed by atoms with van der Waals surface area (Å²) in [6, 6.07) is 17.6. The summed E-state index contributed by atoms with van der Waals surface area (Å²) in [7, 11) is 0. The van der Waals surface area contributed by atoms with E-state index in [9.17, 15) is 14.4 Å². The second-order valence-corrected chi connectivity index (χ2v) is 12.6. The van der Waals surface area contributed by atoms with Crippen LogP contribution in [0.4, 0.5) is 4.79 Å². The lowest BCUT2D eigenvalue weighted by Crippen LogP contribution is -2.54. The fraction of sp³-hybridized carbons (Fsp3) is 0.529. The van der Waals surface area contributed by atoms with Crippen molar-refractivity contribution in [3.8, 4) is 6.07 Å². The number of benzene rings is 2. The number of hydrogen-bond acceptors (Lipinski definition) is 5. The first kappa shape index (κ1) is 31.1. The van der Waals surface area contributed by atoms with Gasteiger partial charge in [-0.05, 0) is 75.1 Å². The zero-order valence-electron chi connectivity index (χ0n) is 25.1. The van der Waals surface area contributed by atoms with Crippen molar-refractivity contribution in [2.45, 2.75) is 96.4 Å². The van der Waals surface area contributed by atoms with Gasteiger partial charge in [-0.2, -0.15) is 5.26 Å². The van der Waals surface area contributed by atoms with E-state index in [0.29, 0.717) is 43.8 Å². The Morgan fingerprint density at radius 1 is 0.976 bits per heavy atom. The van der Waals surface area contributed by atoms with Crippen molar-refractivity contribution in [1.82, 2.24) is 15.5 Å². The molecule has 1 aliphatic heterocycles. The van der Waals surface area contributed by atoms with Gasteiger partial charge >= 0.3 is 6.09 Å². The molecule has 1 saturated carbocycles. The van der Waals surface area contributed by atoms with Gasteiger partial charge in [0.05, 0.1) is 11.6 Å². The molecular weight excluding hydrogens is 528 g/mol. The van der Waals surface area contributed by atoms with Gasteiger partial charge in [0.15, 0.2) is 0 Å². The average molecular weight is 573 g/mol. The van der Waals surface area contributed by atoms with Gasteiger partial charge in [0, 0.05) is 13.1 Å². The number of nitrogens with one attached hydrogen (secondary N) is 2. The van der Waals surface area contributed by atoms with Crippen LogP contribution in [-0.2, 0) is 27.3 Å². The van der Waals surface area contributed by atoms with Gasteiger partial charge in [-0.15, -0.1) is 0 Å². The highest BCUT2D eigenvalue weighted by Gasteiger charge is 2.44. The topological polar surface area (TPSA) is 112 Å². The highest BCUT2D eigenvalue weighted by molar-refractivity contribution is 5.92. The third kappa shape index (κ3) is 8.82. The quantitative estimate of drug-likeness (QED) is 0.412. The van der Waals surface area contributed by atoms with Crippen LogP contribution >= 0.6 is 0 Å². The summed E-state index contributed by atoms with van der Waals surface area (Å²) in [5, 5.41) is 14.9. The van der Waals surface area contributed by atoms with Crippen LogP contribution in [0.25, 0.3) is 0 Å². The van der Waals surface area contributed by atoms with E-state index in [1.54, 1.807) is 37.8 Å². The van der Waals surface area contributed by atoms with Crippen molar-refractivity contribution in [1.29, 1.82) is 5.26 Å². The number of aryl methyl sites for hydroxylation is 1. The molecule has 2 aromatic rings. The SMILES string of the molecule is CC(C)(C)OC(=O)N[C@H](CCc1ccccc1)C(=O)N1C[C@@H](C2CCCCC2)C[C@H]1C(=O)NCc1ccc(C#N)cc1. The molecule has 0 bridgehead atoms. The Morgan fingerprint density at radius 3 is 2.31 bits per heavy atom. The van der Waals surface area contributed by atoms with E-state index in [0.717, 1.165) is 24.0 Å². The van der Waals surface area contributed by atoms with Crippen LogP contribution in [0.2, 0.25) is 0 Å². The first-order valence-corrected chi connectivity index (χ1v) is 15.2. The molecule has 3 atom stereocenters. The van der Waals surface area contributed by atoms with E-state index in [1.165, 1.54) is 19.3 Å². The minimum Gasteiger partial charge on any atom is -0.444 e. The van der Waals surface area contributed by atoms with Crippen LogP contribution in [0, 0.1) is 23.2 Å². The zero-order valence-corrected chi connectivity index (χ0v) is 25.1. The average Bonchev–Trinajstić information content (AvgIpc) is 3.44. The Morgan fingerprint density at radius 2 is 1.67 bits per heavy atom. The molecule has 1 aliphatic carbocycles. The first-order valence-electron chi connectivity index (χ1n) is 15.2. The molecule has 0 aromatic heterocycles. The molecule has 3 amide bonds. The van der Waals surface area contributed by atoms with Crippen LogP contribution in [0.3, 0.4) is 0 Å². The lowest BCUT2D eigenvalue weighted by molar-refractivity contribution is -0.140. The molecule has 8 heteroatoms. The molecule has 2 aromatic carbocycles. The number of hydrogen-bond donors (Lipinski definition) is 2. The van der Waals surface area contributed by atoms with Gasteiger partial charge in [-0.25, -0.2) is 4.79 Å². The molecule has 1 heterocycles. The lowest BCUT2D eigenvalue weighted by Gasteiger charge is -2.30. The molecule has 42 heavy (non-hydrogen) atoms. The molecule has 2 aliphatic rings. The standard InChI is InChI=1S/C34H44N4O4/c1-34(2,3)42-33(41)37-29(19-18-24-10-6-4-7-11-24)32(40)38-23-28(27-12-8-5-9-13-27)20-30(38)31(39)36-22-26-16-14-25(21-35)15-17-26/h4,6-7,10-11,14-17,27-30H,5,8-9,12-13,18-20,22-23H2,1-3H3,(H,36,39)(H,37,41)/t28-,29+,30-/m0/s1. The highest BCUT2D eigenvalue weighted by Crippen LogP contribution is 2.38.